The van der Waals surface area contributed by atoms with Gasteiger partial charge in [0.05, 0.1) is 19.8 Å². The number of carbonyl (C=O) groups excluding carboxylic acids is 1. The maximum absolute atomic E-state index is 11.8. The highest BCUT2D eigenvalue weighted by atomic mass is 16.5. The highest BCUT2D eigenvalue weighted by Crippen LogP contribution is 2.27. The van der Waals surface area contributed by atoms with E-state index >= 15 is 0 Å². The number of phenolic OH excluding ortho intramolecular Hbond substituents is 1. The number of nitrogens with one attached hydrogen (secondary N) is 1. The zero-order valence-corrected chi connectivity index (χ0v) is 10.8. The molecule has 100 valence electrons. The van der Waals surface area contributed by atoms with Crippen LogP contribution in [0, 0.1) is 0 Å². The maximum atomic E-state index is 11.8. The molecule has 0 bridgehead atoms. The Labute approximate surface area is 110 Å². The average Bonchev–Trinajstić information content (AvgIpc) is 2.77. The Hall–Kier alpha value is -2.50. The predicted octanol–water partition coefficient (Wildman–Crippen LogP) is 0.665. The van der Waals surface area contributed by atoms with E-state index in [1.807, 2.05) is 17.8 Å². The lowest BCUT2D eigenvalue weighted by molar-refractivity contribution is -0.671. The Morgan fingerprint density at radius 3 is 2.95 bits per heavy atom. The molecule has 0 unspecified atom stereocenters. The van der Waals surface area contributed by atoms with Gasteiger partial charge in [0.25, 0.3) is 5.91 Å². The second kappa shape index (κ2) is 5.43. The molecule has 0 aliphatic rings. The Balaban J connectivity index is 2.06. The van der Waals surface area contributed by atoms with E-state index in [0.29, 0.717) is 11.4 Å². The molecule has 0 aliphatic carbocycles. The summed E-state index contributed by atoms with van der Waals surface area (Å²) in [6.07, 6.45) is 5.44. The molecule has 1 aromatic heterocycles. The van der Waals surface area contributed by atoms with Crippen molar-refractivity contribution in [2.45, 2.75) is 6.54 Å². The lowest BCUT2D eigenvalue weighted by Crippen LogP contribution is -2.25. The first-order valence-corrected chi connectivity index (χ1v) is 5.76. The number of aryl methyl sites for hydroxylation is 1. The van der Waals surface area contributed by atoms with Gasteiger partial charge in [-0.05, 0) is 12.1 Å². The van der Waals surface area contributed by atoms with E-state index in [4.69, 9.17) is 4.74 Å². The number of carbonyl (C=O) groups is 1. The van der Waals surface area contributed by atoms with Crippen molar-refractivity contribution < 1.29 is 19.2 Å². The largest absolute Gasteiger partial charge is 0.506 e. The molecule has 6 heteroatoms. The van der Waals surface area contributed by atoms with Gasteiger partial charge in [-0.1, -0.05) is 0 Å². The predicted molar refractivity (Wildman–Crippen MR) is 68.9 cm³/mol. The van der Waals surface area contributed by atoms with Crippen LogP contribution in [0.25, 0.3) is 0 Å². The third kappa shape index (κ3) is 3.25. The van der Waals surface area contributed by atoms with Crippen molar-refractivity contribution in [3.8, 4) is 11.5 Å². The summed E-state index contributed by atoms with van der Waals surface area (Å²) in [5, 5.41) is 12.3. The summed E-state index contributed by atoms with van der Waals surface area (Å²) < 4.78 is 8.63. The van der Waals surface area contributed by atoms with E-state index in [2.05, 4.69) is 5.32 Å². The van der Waals surface area contributed by atoms with Crippen molar-refractivity contribution >= 4 is 11.6 Å². The normalized spacial score (nSPS) is 10.2. The summed E-state index contributed by atoms with van der Waals surface area (Å²) in [4.78, 5) is 11.8. The third-order valence-corrected chi connectivity index (χ3v) is 2.63. The van der Waals surface area contributed by atoms with Crippen LogP contribution in [0.2, 0.25) is 0 Å². The number of hydrogen-bond donors (Lipinski definition) is 2. The third-order valence-electron chi connectivity index (χ3n) is 2.63. The number of anilines is 1. The van der Waals surface area contributed by atoms with Gasteiger partial charge in [0, 0.05) is 6.07 Å². The van der Waals surface area contributed by atoms with Gasteiger partial charge in [-0.3, -0.25) is 4.79 Å². The van der Waals surface area contributed by atoms with Gasteiger partial charge < -0.3 is 15.2 Å². The number of ether oxygens (including phenoxy) is 1. The van der Waals surface area contributed by atoms with Gasteiger partial charge >= 0.3 is 0 Å². The molecule has 1 amide bonds. The molecule has 0 spiro atoms. The molecular weight excluding hydrogens is 246 g/mol. The molecule has 0 saturated carbocycles. The standard InChI is InChI=1S/C13H15N3O3/c1-15-5-6-16(9-15)8-13(18)14-11-7-10(19-2)3-4-12(11)17/h3-7,9H,8H2,1-2H3,(H-,14,17,18)/p+1. The molecule has 1 heterocycles. The van der Waals surface area contributed by atoms with Crippen molar-refractivity contribution in [1.29, 1.82) is 0 Å². The number of imidazole rings is 1. The summed E-state index contributed by atoms with van der Waals surface area (Å²) >= 11 is 0. The first kappa shape index (κ1) is 12.9. The minimum Gasteiger partial charge on any atom is -0.506 e. The van der Waals surface area contributed by atoms with Crippen LogP contribution in [0.4, 0.5) is 5.69 Å². The Morgan fingerprint density at radius 1 is 1.53 bits per heavy atom. The van der Waals surface area contributed by atoms with Crippen LogP contribution in [0.3, 0.4) is 0 Å². The van der Waals surface area contributed by atoms with E-state index in [1.165, 1.54) is 13.2 Å². The van der Waals surface area contributed by atoms with E-state index in [0.717, 1.165) is 0 Å². The van der Waals surface area contributed by atoms with Crippen LogP contribution in [0.15, 0.2) is 36.9 Å². The molecule has 0 radical (unpaired) electrons. The molecule has 19 heavy (non-hydrogen) atoms. The van der Waals surface area contributed by atoms with Gasteiger partial charge in [-0.25, -0.2) is 9.13 Å². The fourth-order valence-corrected chi connectivity index (χ4v) is 1.69. The Bertz CT molecular complexity index is 593. The van der Waals surface area contributed by atoms with Crippen LogP contribution in [-0.2, 0) is 18.4 Å². The lowest BCUT2D eigenvalue weighted by atomic mass is 10.2. The molecule has 0 fully saturated rings. The molecule has 0 atom stereocenters. The number of nitrogens with zero attached hydrogens (tertiary/aromatic N) is 2. The molecule has 6 nitrogen and oxygen atoms in total. The zero-order chi connectivity index (χ0) is 13.8. The second-order valence-electron chi connectivity index (χ2n) is 4.18. The first-order valence-electron chi connectivity index (χ1n) is 5.76. The summed E-state index contributed by atoms with van der Waals surface area (Å²) in [7, 11) is 3.40. The lowest BCUT2D eigenvalue weighted by Gasteiger charge is -2.08. The minimum atomic E-state index is -0.222. The zero-order valence-electron chi connectivity index (χ0n) is 10.8. The summed E-state index contributed by atoms with van der Waals surface area (Å²) in [5.74, 6) is 0.354. The van der Waals surface area contributed by atoms with Crippen LogP contribution in [-0.4, -0.2) is 22.7 Å². The molecule has 2 aromatic rings. The number of methoxy groups -OCH3 is 1. The van der Waals surface area contributed by atoms with Gasteiger partial charge in [0.15, 0.2) is 6.54 Å². The van der Waals surface area contributed by atoms with Crippen molar-refractivity contribution in [2.24, 2.45) is 7.05 Å². The van der Waals surface area contributed by atoms with Crippen LogP contribution < -0.4 is 14.6 Å². The highest BCUT2D eigenvalue weighted by molar-refractivity contribution is 5.92. The fourth-order valence-electron chi connectivity index (χ4n) is 1.69. The van der Waals surface area contributed by atoms with Crippen molar-refractivity contribution in [2.75, 3.05) is 12.4 Å². The quantitative estimate of drug-likeness (QED) is 0.628. The van der Waals surface area contributed by atoms with Crippen molar-refractivity contribution in [3.05, 3.63) is 36.9 Å². The first-order chi connectivity index (χ1) is 9.08. The summed E-state index contributed by atoms with van der Waals surface area (Å²) in [6.45, 7) is 0.178. The topological polar surface area (TPSA) is 67.4 Å². The maximum Gasteiger partial charge on any atom is 0.266 e. The minimum absolute atomic E-state index is 0.00668. The smallest absolute Gasteiger partial charge is 0.266 e. The second-order valence-corrected chi connectivity index (χ2v) is 4.18. The number of hydrogen-bond acceptors (Lipinski definition) is 3. The SMILES string of the molecule is COc1ccc(O)c(NC(=O)Cn2cc[n+](C)c2)c1. The van der Waals surface area contributed by atoms with E-state index in [-0.39, 0.29) is 18.2 Å². The van der Waals surface area contributed by atoms with Crippen molar-refractivity contribution in [1.82, 2.24) is 4.57 Å². The van der Waals surface area contributed by atoms with Gasteiger partial charge in [0.1, 0.15) is 23.9 Å². The molecule has 1 aromatic carbocycles. The van der Waals surface area contributed by atoms with Gasteiger partial charge in [-0.15, -0.1) is 0 Å². The Morgan fingerprint density at radius 2 is 2.32 bits per heavy atom. The molecule has 2 N–H and O–H groups in total. The van der Waals surface area contributed by atoms with Crippen molar-refractivity contribution in [3.63, 3.8) is 0 Å². The number of amides is 1. The van der Waals surface area contributed by atoms with E-state index < -0.39 is 0 Å². The summed E-state index contributed by atoms with van der Waals surface area (Å²) in [5.41, 5.74) is 0.334. The summed E-state index contributed by atoms with van der Waals surface area (Å²) in [6, 6.07) is 4.67. The molecular formula is C13H16N3O3+. The molecule has 0 aliphatic heterocycles. The van der Waals surface area contributed by atoms with E-state index in [9.17, 15) is 9.90 Å². The highest BCUT2D eigenvalue weighted by Gasteiger charge is 2.11. The molecule has 0 saturated heterocycles. The average molecular weight is 262 g/mol. The fraction of sp³-hybridized carbons (Fsp3) is 0.231. The number of aromatic nitrogens is 2. The number of rotatable bonds is 4. The van der Waals surface area contributed by atoms with Gasteiger partial charge in [0.2, 0.25) is 6.33 Å². The van der Waals surface area contributed by atoms with Crippen LogP contribution in [0.5, 0.6) is 11.5 Å². The van der Waals surface area contributed by atoms with Crippen LogP contribution in [0.1, 0.15) is 0 Å². The number of aromatic hydroxyl groups is 1. The van der Waals surface area contributed by atoms with E-state index in [1.54, 1.807) is 29.2 Å². The Kier molecular flexibility index (Phi) is 3.70. The van der Waals surface area contributed by atoms with Gasteiger partial charge in [-0.2, -0.15) is 0 Å². The number of benzene rings is 1. The number of phenols is 1. The van der Waals surface area contributed by atoms with Crippen LogP contribution >= 0.6 is 0 Å². The molecule has 2 rings (SSSR count). The monoisotopic (exact) mass is 262 g/mol.